The minimum atomic E-state index is 0.726. The Labute approximate surface area is 99.0 Å². The van der Waals surface area contributed by atoms with Gasteiger partial charge in [-0.15, -0.1) is 0 Å². The summed E-state index contributed by atoms with van der Waals surface area (Å²) in [6, 6.07) is 7.83. The van der Waals surface area contributed by atoms with Gasteiger partial charge in [0.1, 0.15) is 0 Å². The van der Waals surface area contributed by atoms with Gasteiger partial charge in [0, 0.05) is 30.7 Å². The molecular formula is C11H11ClN2S. The predicted octanol–water partition coefficient (Wildman–Crippen LogP) is 2.99. The second-order valence-electron chi connectivity index (χ2n) is 3.57. The quantitative estimate of drug-likeness (QED) is 0.652. The van der Waals surface area contributed by atoms with Crippen molar-refractivity contribution in [2.75, 3.05) is 14.1 Å². The molecule has 4 heteroatoms. The summed E-state index contributed by atoms with van der Waals surface area (Å²) in [4.78, 5) is 1.90. The lowest BCUT2D eigenvalue weighted by Gasteiger charge is -2.15. The number of rotatable bonds is 0. The normalized spacial score (nSPS) is 10.6. The summed E-state index contributed by atoms with van der Waals surface area (Å²) >= 11 is 11.3. The zero-order valence-electron chi connectivity index (χ0n) is 8.57. The lowest BCUT2D eigenvalue weighted by molar-refractivity contribution is 0.614. The summed E-state index contributed by atoms with van der Waals surface area (Å²) in [6.45, 7) is 0. The molecule has 15 heavy (non-hydrogen) atoms. The van der Waals surface area contributed by atoms with Gasteiger partial charge < -0.3 is 4.90 Å². The molecule has 1 aromatic heterocycles. The van der Waals surface area contributed by atoms with Crippen LogP contribution in [0.3, 0.4) is 0 Å². The molecule has 0 N–H and O–H groups in total. The number of aromatic nitrogens is 1. The fourth-order valence-corrected chi connectivity index (χ4v) is 1.81. The van der Waals surface area contributed by atoms with Gasteiger partial charge >= 0.3 is 0 Å². The van der Waals surface area contributed by atoms with Crippen molar-refractivity contribution in [1.29, 1.82) is 0 Å². The van der Waals surface area contributed by atoms with Gasteiger partial charge in [0.15, 0.2) is 5.11 Å². The molecule has 0 spiro atoms. The topological polar surface area (TPSA) is 8.17 Å². The zero-order valence-corrected chi connectivity index (χ0v) is 10.1. The van der Waals surface area contributed by atoms with Crippen molar-refractivity contribution in [3.63, 3.8) is 0 Å². The van der Waals surface area contributed by atoms with Gasteiger partial charge in [-0.3, -0.25) is 4.57 Å². The number of hydrogen-bond acceptors (Lipinski definition) is 1. The number of nitrogens with zero attached hydrogens (tertiary/aromatic N) is 2. The molecule has 0 saturated heterocycles. The standard InChI is InChI=1S/C11H11ClN2S/c1-13(2)11(15)14-6-5-8-3-4-9(12)7-10(8)14/h3-7H,1-2H3. The second kappa shape index (κ2) is 3.83. The Balaban J connectivity index is 2.62. The van der Waals surface area contributed by atoms with Crippen LogP contribution in [0.25, 0.3) is 10.9 Å². The molecule has 0 bridgehead atoms. The monoisotopic (exact) mass is 238 g/mol. The zero-order chi connectivity index (χ0) is 11.0. The molecule has 0 radical (unpaired) electrons. The van der Waals surface area contributed by atoms with Crippen LogP contribution in [0.4, 0.5) is 0 Å². The summed E-state index contributed by atoms with van der Waals surface area (Å²) in [5.41, 5.74) is 1.04. The lowest BCUT2D eigenvalue weighted by Crippen LogP contribution is -2.26. The molecule has 78 valence electrons. The van der Waals surface area contributed by atoms with Crippen molar-refractivity contribution in [2.45, 2.75) is 0 Å². The van der Waals surface area contributed by atoms with E-state index >= 15 is 0 Å². The Morgan fingerprint density at radius 3 is 2.73 bits per heavy atom. The van der Waals surface area contributed by atoms with E-state index in [0.29, 0.717) is 0 Å². The van der Waals surface area contributed by atoms with E-state index in [1.165, 1.54) is 0 Å². The summed E-state index contributed by atoms with van der Waals surface area (Å²) in [5.74, 6) is 0. The molecule has 0 amide bonds. The number of benzene rings is 1. The van der Waals surface area contributed by atoms with E-state index in [-0.39, 0.29) is 0 Å². The van der Waals surface area contributed by atoms with Crippen LogP contribution in [0.1, 0.15) is 0 Å². The summed E-state index contributed by atoms with van der Waals surface area (Å²) in [5, 5.41) is 2.62. The lowest BCUT2D eigenvalue weighted by atomic mass is 10.2. The van der Waals surface area contributed by atoms with Crippen molar-refractivity contribution in [1.82, 2.24) is 9.47 Å². The first-order valence-corrected chi connectivity index (χ1v) is 5.36. The third-order valence-corrected chi connectivity index (χ3v) is 3.04. The molecule has 0 atom stereocenters. The molecule has 2 rings (SSSR count). The van der Waals surface area contributed by atoms with Gasteiger partial charge in [0.25, 0.3) is 0 Å². The van der Waals surface area contributed by atoms with Crippen LogP contribution in [0, 0.1) is 0 Å². The van der Waals surface area contributed by atoms with Crippen molar-refractivity contribution < 1.29 is 0 Å². The fourth-order valence-electron chi connectivity index (χ4n) is 1.48. The van der Waals surface area contributed by atoms with E-state index in [9.17, 15) is 0 Å². The molecule has 0 aliphatic carbocycles. The Bertz CT molecular complexity index is 516. The third kappa shape index (κ3) is 1.85. The summed E-state index contributed by atoms with van der Waals surface area (Å²) in [7, 11) is 3.86. The van der Waals surface area contributed by atoms with Crippen molar-refractivity contribution >= 4 is 39.8 Å². The van der Waals surface area contributed by atoms with E-state index in [4.69, 9.17) is 23.8 Å². The number of halogens is 1. The Kier molecular flexibility index (Phi) is 2.67. The molecule has 2 nitrogen and oxygen atoms in total. The highest BCUT2D eigenvalue weighted by atomic mass is 35.5. The Morgan fingerprint density at radius 2 is 2.07 bits per heavy atom. The average molecular weight is 239 g/mol. The molecular weight excluding hydrogens is 228 g/mol. The second-order valence-corrected chi connectivity index (χ2v) is 4.37. The van der Waals surface area contributed by atoms with E-state index in [1.54, 1.807) is 0 Å². The van der Waals surface area contributed by atoms with Crippen LogP contribution >= 0.6 is 23.8 Å². The Morgan fingerprint density at radius 1 is 1.33 bits per heavy atom. The molecule has 1 aromatic carbocycles. The fraction of sp³-hybridized carbons (Fsp3) is 0.182. The maximum absolute atomic E-state index is 5.96. The molecule has 0 saturated carbocycles. The van der Waals surface area contributed by atoms with Crippen LogP contribution < -0.4 is 0 Å². The molecule has 1 heterocycles. The van der Waals surface area contributed by atoms with Crippen LogP contribution in [-0.4, -0.2) is 28.7 Å². The minimum Gasteiger partial charge on any atom is -0.355 e. The molecule has 0 aliphatic heterocycles. The van der Waals surface area contributed by atoms with Gasteiger partial charge in [0.05, 0.1) is 5.52 Å². The smallest absolute Gasteiger partial charge is 0.179 e. The van der Waals surface area contributed by atoms with E-state index < -0.39 is 0 Å². The maximum Gasteiger partial charge on any atom is 0.179 e. The summed E-state index contributed by atoms with van der Waals surface area (Å²) < 4.78 is 1.95. The van der Waals surface area contributed by atoms with Crippen molar-refractivity contribution in [3.05, 3.63) is 35.5 Å². The first kappa shape index (κ1) is 10.5. The van der Waals surface area contributed by atoms with Crippen LogP contribution in [0.5, 0.6) is 0 Å². The van der Waals surface area contributed by atoms with Gasteiger partial charge in [0.2, 0.25) is 0 Å². The van der Waals surface area contributed by atoms with Crippen LogP contribution in [0.15, 0.2) is 30.5 Å². The van der Waals surface area contributed by atoms with Gasteiger partial charge in [-0.2, -0.15) is 0 Å². The highest BCUT2D eigenvalue weighted by molar-refractivity contribution is 7.80. The number of hydrogen-bond donors (Lipinski definition) is 0. The highest BCUT2D eigenvalue weighted by Gasteiger charge is 2.06. The van der Waals surface area contributed by atoms with Crippen LogP contribution in [-0.2, 0) is 0 Å². The molecule has 0 fully saturated rings. The van der Waals surface area contributed by atoms with Gasteiger partial charge in [-0.25, -0.2) is 0 Å². The number of fused-ring (bicyclic) bond motifs is 1. The number of thiocarbonyl (C=S) groups is 1. The first-order chi connectivity index (χ1) is 7.09. The highest BCUT2D eigenvalue weighted by Crippen LogP contribution is 2.20. The Hall–Kier alpha value is -1.06. The van der Waals surface area contributed by atoms with Gasteiger partial charge in [-0.05, 0) is 30.4 Å². The average Bonchev–Trinajstić information content (AvgIpc) is 2.59. The maximum atomic E-state index is 5.96. The predicted molar refractivity (Wildman–Crippen MR) is 68.6 cm³/mol. The van der Waals surface area contributed by atoms with Crippen molar-refractivity contribution in [2.24, 2.45) is 0 Å². The van der Waals surface area contributed by atoms with Crippen LogP contribution in [0.2, 0.25) is 5.02 Å². The van der Waals surface area contributed by atoms with E-state index in [1.807, 2.05) is 54.0 Å². The third-order valence-electron chi connectivity index (χ3n) is 2.24. The summed E-state index contributed by atoms with van der Waals surface area (Å²) in [6.07, 6.45) is 1.96. The molecule has 0 unspecified atom stereocenters. The minimum absolute atomic E-state index is 0.726. The van der Waals surface area contributed by atoms with Gasteiger partial charge in [-0.1, -0.05) is 17.7 Å². The van der Waals surface area contributed by atoms with Crippen molar-refractivity contribution in [3.8, 4) is 0 Å². The largest absolute Gasteiger partial charge is 0.355 e. The molecule has 0 aliphatic rings. The van der Waals surface area contributed by atoms with E-state index in [2.05, 4.69) is 0 Å². The SMILES string of the molecule is CN(C)C(=S)n1ccc2ccc(Cl)cc21. The first-order valence-electron chi connectivity index (χ1n) is 4.58. The van der Waals surface area contributed by atoms with E-state index in [0.717, 1.165) is 21.0 Å². The molecule has 2 aromatic rings.